The van der Waals surface area contributed by atoms with E-state index in [0.717, 1.165) is 25.3 Å². The molecule has 4 nitrogen and oxygen atoms in total. The normalized spacial score (nSPS) is 19.6. The number of nitrogens with zero attached hydrogens (tertiary/aromatic N) is 1. The van der Waals surface area contributed by atoms with Gasteiger partial charge in [-0.1, -0.05) is 0 Å². The number of hydrogen-bond donors (Lipinski definition) is 0. The Hall–Kier alpha value is -1.21. The Morgan fingerprint density at radius 1 is 1.33 bits per heavy atom. The van der Waals surface area contributed by atoms with Crippen LogP contribution in [0.25, 0.3) is 0 Å². The summed E-state index contributed by atoms with van der Waals surface area (Å²) in [6, 6.07) is 1.14. The van der Waals surface area contributed by atoms with E-state index in [1.807, 2.05) is 6.92 Å². The lowest BCUT2D eigenvalue weighted by Gasteiger charge is -2.33. The first-order chi connectivity index (χ1) is 9.71. The second kappa shape index (κ2) is 5.88. The van der Waals surface area contributed by atoms with E-state index in [1.165, 1.54) is 4.90 Å². The van der Waals surface area contributed by atoms with Gasteiger partial charge in [0.25, 0.3) is 15.0 Å². The monoisotopic (exact) mass is 337 g/mol. The molecule has 0 aromatic heterocycles. The first kappa shape index (κ1) is 16.2. The summed E-state index contributed by atoms with van der Waals surface area (Å²) in [6.07, 6.45) is 2.49. The summed E-state index contributed by atoms with van der Waals surface area (Å²) in [4.78, 5) is 13.1. The van der Waals surface area contributed by atoms with Crippen LogP contribution in [0, 0.1) is 11.6 Å². The predicted octanol–water partition coefficient (Wildman–Crippen LogP) is 2.91. The molecule has 1 heterocycles. The van der Waals surface area contributed by atoms with Gasteiger partial charge in [-0.15, -0.1) is 0 Å². The van der Waals surface area contributed by atoms with Gasteiger partial charge in [-0.25, -0.2) is 17.2 Å². The van der Waals surface area contributed by atoms with Crippen molar-refractivity contribution in [3.8, 4) is 0 Å². The number of piperidine rings is 1. The molecule has 1 fully saturated rings. The molecule has 0 radical (unpaired) electrons. The maximum Gasteiger partial charge on any atom is 0.261 e. The zero-order valence-electron chi connectivity index (χ0n) is 11.3. The molecule has 1 aromatic rings. The quantitative estimate of drug-likeness (QED) is 0.780. The second-order valence-electron chi connectivity index (χ2n) is 5.05. The Bertz CT molecular complexity index is 678. The Labute approximate surface area is 126 Å². The first-order valence-corrected chi connectivity index (χ1v) is 8.77. The van der Waals surface area contributed by atoms with Gasteiger partial charge in [-0.3, -0.25) is 4.79 Å². The van der Waals surface area contributed by atoms with Gasteiger partial charge < -0.3 is 4.90 Å². The van der Waals surface area contributed by atoms with Crippen LogP contribution in [0.3, 0.4) is 0 Å². The van der Waals surface area contributed by atoms with Crippen molar-refractivity contribution in [1.82, 2.24) is 4.90 Å². The number of hydrogen-bond acceptors (Lipinski definition) is 3. The van der Waals surface area contributed by atoms with Gasteiger partial charge in [0, 0.05) is 23.3 Å². The van der Waals surface area contributed by atoms with Crippen LogP contribution in [0.4, 0.5) is 8.78 Å². The lowest BCUT2D eigenvalue weighted by atomic mass is 10.0. The zero-order valence-corrected chi connectivity index (χ0v) is 12.8. The molecule has 1 unspecified atom stereocenters. The molecular weight excluding hydrogens is 324 g/mol. The minimum Gasteiger partial charge on any atom is -0.336 e. The lowest BCUT2D eigenvalue weighted by molar-refractivity contribution is 0.0629. The van der Waals surface area contributed by atoms with Crippen molar-refractivity contribution in [2.24, 2.45) is 0 Å². The Balaban J connectivity index is 2.47. The van der Waals surface area contributed by atoms with Crippen LogP contribution in [0.5, 0.6) is 0 Å². The molecule has 116 valence electrons. The number of likely N-dealkylation sites (tertiary alicyclic amines) is 1. The average molecular weight is 338 g/mol. The van der Waals surface area contributed by atoms with Crippen molar-refractivity contribution in [3.63, 3.8) is 0 Å². The molecule has 8 heteroatoms. The Morgan fingerprint density at radius 2 is 2.00 bits per heavy atom. The van der Waals surface area contributed by atoms with Crippen LogP contribution >= 0.6 is 10.7 Å². The van der Waals surface area contributed by atoms with Crippen LogP contribution in [0.2, 0.25) is 0 Å². The largest absolute Gasteiger partial charge is 0.336 e. The summed E-state index contributed by atoms with van der Waals surface area (Å²) in [5, 5.41) is 0. The van der Waals surface area contributed by atoms with Gasteiger partial charge in [0.1, 0.15) is 0 Å². The third-order valence-corrected chi connectivity index (χ3v) is 4.91. The highest BCUT2D eigenvalue weighted by Gasteiger charge is 2.29. The van der Waals surface area contributed by atoms with E-state index in [0.29, 0.717) is 12.6 Å². The zero-order chi connectivity index (χ0) is 15.8. The minimum absolute atomic E-state index is 0.107. The maximum atomic E-state index is 13.8. The lowest BCUT2D eigenvalue weighted by Crippen LogP contribution is -2.42. The fourth-order valence-electron chi connectivity index (χ4n) is 2.42. The van der Waals surface area contributed by atoms with Crippen molar-refractivity contribution >= 4 is 25.6 Å². The maximum absolute atomic E-state index is 13.8. The van der Waals surface area contributed by atoms with E-state index < -0.39 is 37.1 Å². The topological polar surface area (TPSA) is 54.5 Å². The van der Waals surface area contributed by atoms with Crippen LogP contribution in [-0.4, -0.2) is 31.8 Å². The Morgan fingerprint density at radius 3 is 2.57 bits per heavy atom. The van der Waals surface area contributed by atoms with Crippen molar-refractivity contribution < 1.29 is 22.0 Å². The summed E-state index contributed by atoms with van der Waals surface area (Å²) >= 11 is 0. The van der Waals surface area contributed by atoms with E-state index in [9.17, 15) is 22.0 Å². The summed E-state index contributed by atoms with van der Waals surface area (Å²) in [7, 11) is 0.885. The summed E-state index contributed by atoms with van der Waals surface area (Å²) in [5.74, 6) is -3.49. The molecule has 21 heavy (non-hydrogen) atoms. The molecule has 0 N–H and O–H groups in total. The van der Waals surface area contributed by atoms with Crippen LogP contribution in [0.15, 0.2) is 17.0 Å². The predicted molar refractivity (Wildman–Crippen MR) is 73.7 cm³/mol. The number of rotatable bonds is 2. The highest BCUT2D eigenvalue weighted by atomic mass is 35.7. The van der Waals surface area contributed by atoms with E-state index in [1.54, 1.807) is 0 Å². The molecule has 1 aliphatic rings. The van der Waals surface area contributed by atoms with Crippen molar-refractivity contribution in [1.29, 1.82) is 0 Å². The van der Waals surface area contributed by atoms with Gasteiger partial charge in [-0.2, -0.15) is 0 Å². The van der Waals surface area contributed by atoms with Crippen molar-refractivity contribution in [2.45, 2.75) is 37.1 Å². The summed E-state index contributed by atoms with van der Waals surface area (Å²) < 4.78 is 49.9. The summed E-state index contributed by atoms with van der Waals surface area (Å²) in [6.45, 7) is 2.24. The molecule has 1 aromatic carbocycles. The molecule has 1 aliphatic heterocycles. The van der Waals surface area contributed by atoms with Crippen LogP contribution in [0.1, 0.15) is 36.5 Å². The minimum atomic E-state index is -4.25. The fourth-order valence-corrected chi connectivity index (χ4v) is 3.19. The van der Waals surface area contributed by atoms with E-state index in [2.05, 4.69) is 0 Å². The second-order valence-corrected chi connectivity index (χ2v) is 7.61. The number of amides is 1. The molecule has 0 aliphatic carbocycles. The standard InChI is InChI=1S/C13H14ClF2NO3S/c1-8-4-2-3-5-17(8)13(18)10-6-9(21(14,19)20)7-11(15)12(10)16/h6-8H,2-5H2,1H3. The van der Waals surface area contributed by atoms with E-state index in [-0.39, 0.29) is 6.04 Å². The van der Waals surface area contributed by atoms with Crippen molar-refractivity contribution in [3.05, 3.63) is 29.3 Å². The van der Waals surface area contributed by atoms with Crippen LogP contribution < -0.4 is 0 Å². The van der Waals surface area contributed by atoms with Crippen LogP contribution in [-0.2, 0) is 9.05 Å². The van der Waals surface area contributed by atoms with Gasteiger partial charge in [0.2, 0.25) is 0 Å². The number of halogens is 3. The molecule has 0 bridgehead atoms. The number of carbonyl (C=O) groups is 1. The van der Waals surface area contributed by atoms with Gasteiger partial charge >= 0.3 is 0 Å². The smallest absolute Gasteiger partial charge is 0.261 e. The van der Waals surface area contributed by atoms with E-state index >= 15 is 0 Å². The average Bonchev–Trinajstić information content (AvgIpc) is 2.40. The highest BCUT2D eigenvalue weighted by molar-refractivity contribution is 8.13. The molecule has 1 amide bonds. The fraction of sp³-hybridized carbons (Fsp3) is 0.462. The van der Waals surface area contributed by atoms with E-state index in [4.69, 9.17) is 10.7 Å². The third-order valence-electron chi connectivity index (χ3n) is 3.58. The van der Waals surface area contributed by atoms with Crippen molar-refractivity contribution in [2.75, 3.05) is 6.54 Å². The summed E-state index contributed by atoms with van der Waals surface area (Å²) in [5.41, 5.74) is -0.608. The van der Waals surface area contributed by atoms with Gasteiger partial charge in [0.05, 0.1) is 10.5 Å². The highest BCUT2D eigenvalue weighted by Crippen LogP contribution is 2.25. The third kappa shape index (κ3) is 3.35. The Kier molecular flexibility index (Phi) is 4.53. The molecule has 0 saturated carbocycles. The van der Waals surface area contributed by atoms with Gasteiger partial charge in [-0.05, 0) is 38.3 Å². The van der Waals surface area contributed by atoms with Gasteiger partial charge in [0.15, 0.2) is 11.6 Å². The molecule has 0 spiro atoms. The molecular formula is C13H14ClF2NO3S. The molecule has 2 rings (SSSR count). The molecule has 1 atom stereocenters. The first-order valence-electron chi connectivity index (χ1n) is 6.46. The SMILES string of the molecule is CC1CCCCN1C(=O)c1cc(S(=O)(=O)Cl)cc(F)c1F. The molecule has 1 saturated heterocycles. The number of carbonyl (C=O) groups excluding carboxylic acids is 1. The number of benzene rings is 1.